The Morgan fingerprint density at radius 3 is 3.07 bits per heavy atom. The lowest BCUT2D eigenvalue weighted by Gasteiger charge is -2.06. The van der Waals surface area contributed by atoms with E-state index in [4.69, 9.17) is 5.11 Å². The topological polar surface area (TPSA) is 80.0 Å². The van der Waals surface area contributed by atoms with Crippen LogP contribution in [0.25, 0.3) is 0 Å². The van der Waals surface area contributed by atoms with Gasteiger partial charge in [0.25, 0.3) is 0 Å². The number of hydrogen-bond acceptors (Lipinski definition) is 4. The molecule has 0 aromatic carbocycles. The minimum absolute atomic E-state index is 0.0454. The molecule has 6 heteroatoms. The lowest BCUT2D eigenvalue weighted by atomic mass is 10.3. The van der Waals surface area contributed by atoms with Crippen molar-refractivity contribution in [2.75, 3.05) is 6.54 Å². The third-order valence-electron chi connectivity index (χ3n) is 1.86. The molecule has 0 saturated heterocycles. The van der Waals surface area contributed by atoms with Crippen LogP contribution in [0.2, 0.25) is 0 Å². The number of hydrogen-bond donors (Lipinski definition) is 2. The Bertz CT molecular complexity index is 284. The number of rotatable bonds is 6. The Kier molecular flexibility index (Phi) is 4.76. The van der Waals surface area contributed by atoms with Crippen LogP contribution in [-0.4, -0.2) is 38.7 Å². The molecular weight excluding hydrogens is 196 g/mol. The van der Waals surface area contributed by atoms with Gasteiger partial charge in [-0.25, -0.2) is 0 Å². The first-order valence-corrected chi connectivity index (χ1v) is 4.97. The van der Waals surface area contributed by atoms with Crippen molar-refractivity contribution in [2.24, 2.45) is 0 Å². The Morgan fingerprint density at radius 2 is 2.47 bits per heavy atom. The van der Waals surface area contributed by atoms with E-state index in [9.17, 15) is 4.79 Å². The van der Waals surface area contributed by atoms with Gasteiger partial charge in [-0.05, 0) is 13.3 Å². The molecule has 15 heavy (non-hydrogen) atoms. The van der Waals surface area contributed by atoms with E-state index < -0.39 is 6.10 Å². The molecule has 0 aliphatic heterocycles. The van der Waals surface area contributed by atoms with E-state index in [1.807, 2.05) is 0 Å². The molecule has 0 bridgehead atoms. The van der Waals surface area contributed by atoms with E-state index >= 15 is 0 Å². The first-order chi connectivity index (χ1) is 7.18. The van der Waals surface area contributed by atoms with E-state index in [1.165, 1.54) is 0 Å². The normalized spacial score (nSPS) is 12.4. The molecule has 0 saturated carbocycles. The predicted octanol–water partition coefficient (Wildman–Crippen LogP) is -0.445. The van der Waals surface area contributed by atoms with E-state index in [-0.39, 0.29) is 5.91 Å². The molecule has 0 fully saturated rings. The number of nitrogens with one attached hydrogen (secondary N) is 1. The molecule has 1 unspecified atom stereocenters. The zero-order valence-corrected chi connectivity index (χ0v) is 8.76. The third kappa shape index (κ3) is 5.11. The SMILES string of the molecule is CC(O)CNC(=O)CCCn1ccnn1. The van der Waals surface area contributed by atoms with Crippen molar-refractivity contribution in [2.45, 2.75) is 32.4 Å². The van der Waals surface area contributed by atoms with E-state index in [0.29, 0.717) is 19.5 Å². The fourth-order valence-electron chi connectivity index (χ4n) is 1.10. The van der Waals surface area contributed by atoms with Gasteiger partial charge in [0.05, 0.1) is 12.3 Å². The molecule has 0 aliphatic carbocycles. The minimum Gasteiger partial charge on any atom is -0.392 e. The van der Waals surface area contributed by atoms with Crippen molar-refractivity contribution >= 4 is 5.91 Å². The average Bonchev–Trinajstić information content (AvgIpc) is 2.67. The quantitative estimate of drug-likeness (QED) is 0.669. The van der Waals surface area contributed by atoms with Crippen LogP contribution in [0.1, 0.15) is 19.8 Å². The number of aryl methyl sites for hydroxylation is 1. The van der Waals surface area contributed by atoms with Crippen molar-refractivity contribution in [1.29, 1.82) is 0 Å². The zero-order valence-electron chi connectivity index (χ0n) is 8.76. The standard InChI is InChI=1S/C9H16N4O2/c1-8(14)7-10-9(15)3-2-5-13-6-4-11-12-13/h4,6,8,14H,2-3,5,7H2,1H3,(H,10,15). The van der Waals surface area contributed by atoms with Gasteiger partial charge in [0.1, 0.15) is 0 Å². The summed E-state index contributed by atoms with van der Waals surface area (Å²) >= 11 is 0. The Morgan fingerprint density at radius 1 is 1.67 bits per heavy atom. The van der Waals surface area contributed by atoms with Gasteiger partial charge in [0, 0.05) is 25.7 Å². The molecule has 1 heterocycles. The summed E-state index contributed by atoms with van der Waals surface area (Å²) in [6.07, 6.45) is 4.02. The fraction of sp³-hybridized carbons (Fsp3) is 0.667. The van der Waals surface area contributed by atoms with Crippen LogP contribution in [0, 0.1) is 0 Å². The molecule has 6 nitrogen and oxygen atoms in total. The van der Waals surface area contributed by atoms with E-state index in [2.05, 4.69) is 15.6 Å². The zero-order chi connectivity index (χ0) is 11.1. The number of aromatic nitrogens is 3. The maximum Gasteiger partial charge on any atom is 0.220 e. The van der Waals surface area contributed by atoms with Gasteiger partial charge in [-0.1, -0.05) is 5.21 Å². The molecule has 1 aromatic heterocycles. The summed E-state index contributed by atoms with van der Waals surface area (Å²) < 4.78 is 1.68. The van der Waals surface area contributed by atoms with Crippen molar-refractivity contribution in [3.63, 3.8) is 0 Å². The molecule has 2 N–H and O–H groups in total. The Balaban J connectivity index is 2.07. The summed E-state index contributed by atoms with van der Waals surface area (Å²) in [5.41, 5.74) is 0. The second kappa shape index (κ2) is 6.13. The van der Waals surface area contributed by atoms with E-state index in [1.54, 1.807) is 24.0 Å². The van der Waals surface area contributed by atoms with Gasteiger partial charge >= 0.3 is 0 Å². The first kappa shape index (κ1) is 11.6. The maximum absolute atomic E-state index is 11.2. The van der Waals surface area contributed by atoms with Crippen molar-refractivity contribution in [1.82, 2.24) is 20.3 Å². The molecular formula is C9H16N4O2. The van der Waals surface area contributed by atoms with Crippen LogP contribution in [0.5, 0.6) is 0 Å². The van der Waals surface area contributed by atoms with Gasteiger partial charge < -0.3 is 10.4 Å². The second-order valence-corrected chi connectivity index (χ2v) is 3.42. The van der Waals surface area contributed by atoms with Gasteiger partial charge in [0.15, 0.2) is 0 Å². The van der Waals surface area contributed by atoms with Gasteiger partial charge in [-0.15, -0.1) is 5.10 Å². The Hall–Kier alpha value is -1.43. The van der Waals surface area contributed by atoms with Crippen LogP contribution in [0.15, 0.2) is 12.4 Å². The van der Waals surface area contributed by atoms with Crippen molar-refractivity contribution in [3.05, 3.63) is 12.4 Å². The monoisotopic (exact) mass is 212 g/mol. The highest BCUT2D eigenvalue weighted by Crippen LogP contribution is 1.93. The first-order valence-electron chi connectivity index (χ1n) is 4.97. The highest BCUT2D eigenvalue weighted by molar-refractivity contribution is 5.75. The number of carbonyl (C=O) groups is 1. The number of nitrogens with zero attached hydrogens (tertiary/aromatic N) is 3. The molecule has 0 spiro atoms. The average molecular weight is 212 g/mol. The summed E-state index contributed by atoms with van der Waals surface area (Å²) in [6.45, 7) is 2.62. The summed E-state index contributed by atoms with van der Waals surface area (Å²) in [4.78, 5) is 11.2. The van der Waals surface area contributed by atoms with Crippen molar-refractivity contribution < 1.29 is 9.90 Å². The summed E-state index contributed by atoms with van der Waals surface area (Å²) in [7, 11) is 0. The van der Waals surface area contributed by atoms with Crippen LogP contribution < -0.4 is 5.32 Å². The highest BCUT2D eigenvalue weighted by atomic mass is 16.3. The lowest BCUT2D eigenvalue weighted by molar-refractivity contribution is -0.121. The Labute approximate surface area is 88.3 Å². The number of aliphatic hydroxyl groups excluding tert-OH is 1. The number of amides is 1. The van der Waals surface area contributed by atoms with Crippen LogP contribution in [-0.2, 0) is 11.3 Å². The molecule has 0 aliphatic rings. The number of aliphatic hydroxyl groups is 1. The third-order valence-corrected chi connectivity index (χ3v) is 1.86. The summed E-state index contributed by atoms with van der Waals surface area (Å²) in [6, 6.07) is 0. The van der Waals surface area contributed by atoms with E-state index in [0.717, 1.165) is 6.42 Å². The fourth-order valence-corrected chi connectivity index (χ4v) is 1.10. The molecule has 1 atom stereocenters. The molecule has 1 aromatic rings. The molecule has 0 radical (unpaired) electrons. The van der Waals surface area contributed by atoms with Crippen LogP contribution in [0.3, 0.4) is 0 Å². The minimum atomic E-state index is -0.496. The number of carbonyl (C=O) groups excluding carboxylic acids is 1. The largest absolute Gasteiger partial charge is 0.392 e. The van der Waals surface area contributed by atoms with Gasteiger partial charge in [-0.2, -0.15) is 0 Å². The van der Waals surface area contributed by atoms with Gasteiger partial charge in [0.2, 0.25) is 5.91 Å². The molecule has 1 amide bonds. The summed E-state index contributed by atoms with van der Waals surface area (Å²) in [5.74, 6) is -0.0454. The highest BCUT2D eigenvalue weighted by Gasteiger charge is 2.02. The second-order valence-electron chi connectivity index (χ2n) is 3.42. The van der Waals surface area contributed by atoms with Gasteiger partial charge in [-0.3, -0.25) is 9.48 Å². The van der Waals surface area contributed by atoms with Crippen LogP contribution in [0.4, 0.5) is 0 Å². The maximum atomic E-state index is 11.2. The summed E-state index contributed by atoms with van der Waals surface area (Å²) in [5, 5.41) is 19.0. The van der Waals surface area contributed by atoms with Crippen molar-refractivity contribution in [3.8, 4) is 0 Å². The predicted molar refractivity (Wildman–Crippen MR) is 53.9 cm³/mol. The molecule has 1 rings (SSSR count). The lowest BCUT2D eigenvalue weighted by Crippen LogP contribution is -2.30. The molecule has 84 valence electrons. The van der Waals surface area contributed by atoms with Crippen LogP contribution >= 0.6 is 0 Å². The smallest absolute Gasteiger partial charge is 0.220 e.